The highest BCUT2D eigenvalue weighted by Crippen LogP contribution is 2.37. The number of ether oxygens (including phenoxy) is 1. The Morgan fingerprint density at radius 2 is 1.68 bits per heavy atom. The predicted molar refractivity (Wildman–Crippen MR) is 224 cm³/mol. The lowest BCUT2D eigenvalue weighted by Gasteiger charge is -2.37. The molecule has 306 valence electrons. The normalized spacial score (nSPS) is 19.1. The van der Waals surface area contributed by atoms with E-state index in [0.29, 0.717) is 40.7 Å². The van der Waals surface area contributed by atoms with Crippen molar-refractivity contribution in [1.29, 1.82) is 0 Å². The van der Waals surface area contributed by atoms with E-state index >= 15 is 0 Å². The molecule has 9 rings (SSSR count). The van der Waals surface area contributed by atoms with E-state index in [0.717, 1.165) is 85.1 Å². The first-order valence-electron chi connectivity index (χ1n) is 20.4. The van der Waals surface area contributed by atoms with Crippen LogP contribution in [0.4, 0.5) is 17.2 Å². The van der Waals surface area contributed by atoms with Gasteiger partial charge in [-0.05, 0) is 117 Å². The highest BCUT2D eigenvalue weighted by molar-refractivity contribution is 8.00. The van der Waals surface area contributed by atoms with Gasteiger partial charge in [0.05, 0.1) is 24.8 Å². The van der Waals surface area contributed by atoms with Gasteiger partial charge in [0.25, 0.3) is 11.8 Å². The summed E-state index contributed by atoms with van der Waals surface area (Å²) in [6, 6.07) is 18.9. The lowest BCUT2D eigenvalue weighted by molar-refractivity contribution is -0.136. The molecule has 0 spiro atoms. The molecule has 0 bridgehead atoms. The number of piperazine rings is 1. The van der Waals surface area contributed by atoms with Crippen LogP contribution >= 0.6 is 11.9 Å². The molecule has 3 aromatic carbocycles. The standard InChI is InChI=1S/C43H47N9O6S/c1-57-36-23-29(27-51-16-4-14-44-51)24-37-39(36)40(46-58-37)47-59-32-7-2-6-30(25-32)50-21-19-48(20-22-50)15-3-5-28-12-17-49(18-13-28)31-8-9-33-34(26-31)43(56)52(42(33)55)35-10-11-38(53)45-41(35)54/h2,4,6-9,14,16,23-26,28,35H,3,5,10-13,15,17-22,27H2,1H3,(H,46,47)(H,45,53,54). The van der Waals surface area contributed by atoms with Crippen LogP contribution in [0.5, 0.6) is 5.75 Å². The van der Waals surface area contributed by atoms with Crippen LogP contribution in [0.15, 0.2) is 82.5 Å². The fourth-order valence-corrected chi connectivity index (χ4v) is 9.49. The number of carbonyl (C=O) groups is 4. The lowest BCUT2D eigenvalue weighted by atomic mass is 9.91. The SMILES string of the molecule is COc1cc(Cn2cccn2)cc2onc(NSc3cccc(N4CCN(CCCC5CCN(c6ccc7c(c6)C(=O)N(C6CCC(=O)NC6=O)C7=O)CC5)CC4)c3)c12. The number of imide groups is 2. The van der Waals surface area contributed by atoms with Crippen molar-refractivity contribution in [2.24, 2.45) is 5.92 Å². The molecular formula is C43H47N9O6S. The summed E-state index contributed by atoms with van der Waals surface area (Å²) < 4.78 is 16.7. The largest absolute Gasteiger partial charge is 0.496 e. The van der Waals surface area contributed by atoms with Crippen molar-refractivity contribution in [2.45, 2.75) is 56.0 Å². The van der Waals surface area contributed by atoms with Crippen LogP contribution in [0.3, 0.4) is 0 Å². The molecule has 59 heavy (non-hydrogen) atoms. The molecule has 2 aromatic heterocycles. The molecule has 2 N–H and O–H groups in total. The van der Waals surface area contributed by atoms with E-state index in [2.05, 4.69) is 59.3 Å². The fraction of sp³-hybridized carbons (Fsp3) is 0.395. The van der Waals surface area contributed by atoms with Gasteiger partial charge in [-0.15, -0.1) is 0 Å². The Kier molecular flexibility index (Phi) is 11.0. The van der Waals surface area contributed by atoms with Crippen molar-refractivity contribution in [3.05, 3.63) is 89.7 Å². The molecule has 6 heterocycles. The van der Waals surface area contributed by atoms with Gasteiger partial charge in [-0.2, -0.15) is 5.10 Å². The minimum atomic E-state index is -0.956. The van der Waals surface area contributed by atoms with E-state index in [1.165, 1.54) is 30.5 Å². The van der Waals surface area contributed by atoms with Crippen molar-refractivity contribution in [2.75, 3.05) is 67.4 Å². The van der Waals surface area contributed by atoms with Crippen molar-refractivity contribution in [3.63, 3.8) is 0 Å². The van der Waals surface area contributed by atoms with Gasteiger partial charge in [-0.25, -0.2) is 0 Å². The number of fused-ring (bicyclic) bond motifs is 2. The average Bonchev–Trinajstić information content (AvgIpc) is 3.99. The fourth-order valence-electron chi connectivity index (χ4n) is 8.81. The summed E-state index contributed by atoms with van der Waals surface area (Å²) in [7, 11) is 1.66. The molecule has 3 saturated heterocycles. The number of nitrogens with one attached hydrogen (secondary N) is 2. The van der Waals surface area contributed by atoms with Gasteiger partial charge >= 0.3 is 0 Å². The Labute approximate surface area is 346 Å². The summed E-state index contributed by atoms with van der Waals surface area (Å²) in [5, 5.41) is 11.7. The molecule has 5 aromatic rings. The number of hydrogen-bond acceptors (Lipinski definition) is 13. The number of anilines is 3. The molecule has 15 nitrogen and oxygen atoms in total. The van der Waals surface area contributed by atoms with Gasteiger partial charge < -0.3 is 23.8 Å². The number of amides is 4. The Morgan fingerprint density at radius 3 is 2.46 bits per heavy atom. The maximum absolute atomic E-state index is 13.3. The maximum atomic E-state index is 13.3. The van der Waals surface area contributed by atoms with Crippen molar-refractivity contribution < 1.29 is 28.4 Å². The second-order valence-corrected chi connectivity index (χ2v) is 16.6. The summed E-state index contributed by atoms with van der Waals surface area (Å²) in [5.74, 6) is 0.0607. The smallest absolute Gasteiger partial charge is 0.262 e. The highest BCUT2D eigenvalue weighted by Gasteiger charge is 2.45. The van der Waals surface area contributed by atoms with Crippen molar-refractivity contribution >= 4 is 63.7 Å². The van der Waals surface area contributed by atoms with E-state index < -0.39 is 23.8 Å². The van der Waals surface area contributed by atoms with Crippen LogP contribution in [0.1, 0.15) is 64.8 Å². The van der Waals surface area contributed by atoms with E-state index in [1.54, 1.807) is 25.4 Å². The van der Waals surface area contributed by atoms with Gasteiger partial charge in [0.15, 0.2) is 11.4 Å². The molecule has 4 aliphatic rings. The minimum Gasteiger partial charge on any atom is -0.496 e. The molecule has 0 aliphatic carbocycles. The van der Waals surface area contributed by atoms with Crippen LogP contribution in [-0.4, -0.2) is 107 Å². The van der Waals surface area contributed by atoms with Crippen LogP contribution in [0, 0.1) is 5.92 Å². The summed E-state index contributed by atoms with van der Waals surface area (Å²) in [4.78, 5) is 59.9. The zero-order valence-corrected chi connectivity index (χ0v) is 33.8. The third-order valence-electron chi connectivity index (χ3n) is 12.0. The number of benzene rings is 3. The van der Waals surface area contributed by atoms with Crippen molar-refractivity contribution in [3.8, 4) is 5.75 Å². The first-order chi connectivity index (χ1) is 28.8. The maximum Gasteiger partial charge on any atom is 0.262 e. The first kappa shape index (κ1) is 38.6. The van der Waals surface area contributed by atoms with Crippen LogP contribution in [-0.2, 0) is 16.1 Å². The van der Waals surface area contributed by atoms with Gasteiger partial charge in [0, 0.05) is 74.4 Å². The predicted octanol–water partition coefficient (Wildman–Crippen LogP) is 5.42. The molecule has 1 unspecified atom stereocenters. The summed E-state index contributed by atoms with van der Waals surface area (Å²) in [5.41, 5.74) is 4.44. The number of carbonyl (C=O) groups excluding carboxylic acids is 4. The molecule has 4 aliphatic heterocycles. The second kappa shape index (κ2) is 16.8. The van der Waals surface area contributed by atoms with Gasteiger partial charge in [-0.1, -0.05) is 11.2 Å². The molecule has 0 saturated carbocycles. The Balaban J connectivity index is 0.713. The summed E-state index contributed by atoms with van der Waals surface area (Å²) in [6.45, 7) is 7.50. The van der Waals surface area contributed by atoms with E-state index in [1.807, 2.05) is 35.1 Å². The Morgan fingerprint density at radius 1 is 0.881 bits per heavy atom. The number of hydrogen-bond donors (Lipinski definition) is 2. The van der Waals surface area contributed by atoms with Crippen molar-refractivity contribution in [1.82, 2.24) is 30.1 Å². The lowest BCUT2D eigenvalue weighted by Crippen LogP contribution is -2.54. The molecule has 4 amide bonds. The number of rotatable bonds is 13. The van der Waals surface area contributed by atoms with Gasteiger partial charge in [0.1, 0.15) is 17.2 Å². The highest BCUT2D eigenvalue weighted by atomic mass is 32.2. The Bertz CT molecular complexity index is 2370. The number of piperidine rings is 2. The first-order valence-corrected chi connectivity index (χ1v) is 21.2. The van der Waals surface area contributed by atoms with E-state index in [9.17, 15) is 19.2 Å². The average molecular weight is 818 g/mol. The Hall–Kier alpha value is -5.87. The third-order valence-corrected chi connectivity index (χ3v) is 12.8. The quantitative estimate of drug-likeness (QED) is 0.115. The summed E-state index contributed by atoms with van der Waals surface area (Å²) in [6.07, 6.45) is 8.46. The molecule has 0 radical (unpaired) electrons. The summed E-state index contributed by atoms with van der Waals surface area (Å²) >= 11 is 1.50. The van der Waals surface area contributed by atoms with Crippen LogP contribution < -0.4 is 24.6 Å². The van der Waals surface area contributed by atoms with Crippen LogP contribution in [0.25, 0.3) is 11.0 Å². The van der Waals surface area contributed by atoms with E-state index in [4.69, 9.17) is 9.26 Å². The molecule has 16 heteroatoms. The molecule has 1 atom stereocenters. The number of aromatic nitrogens is 3. The molecular weight excluding hydrogens is 771 g/mol. The number of nitrogens with zero attached hydrogens (tertiary/aromatic N) is 7. The zero-order chi connectivity index (χ0) is 40.5. The topological polar surface area (TPSA) is 158 Å². The van der Waals surface area contributed by atoms with Crippen LogP contribution in [0.2, 0.25) is 0 Å². The van der Waals surface area contributed by atoms with E-state index in [-0.39, 0.29) is 18.7 Å². The monoisotopic (exact) mass is 817 g/mol. The molecule has 3 fully saturated rings. The zero-order valence-electron chi connectivity index (χ0n) is 33.0. The minimum absolute atomic E-state index is 0.104. The number of methoxy groups -OCH3 is 1. The second-order valence-electron chi connectivity index (χ2n) is 15.7. The van der Waals surface area contributed by atoms with Gasteiger partial charge in [-0.3, -0.25) is 39.0 Å². The third kappa shape index (κ3) is 8.11. The van der Waals surface area contributed by atoms with Gasteiger partial charge in [0.2, 0.25) is 11.8 Å².